The summed E-state index contributed by atoms with van der Waals surface area (Å²) in [6.45, 7) is 0. The lowest BCUT2D eigenvalue weighted by Crippen LogP contribution is -2.38. The van der Waals surface area contributed by atoms with E-state index in [0.29, 0.717) is 28.3 Å². The number of carbonyl (C=O) groups is 2. The Kier molecular flexibility index (Phi) is 4.99. The third-order valence-electron chi connectivity index (χ3n) is 5.52. The van der Waals surface area contributed by atoms with Crippen LogP contribution in [0.2, 0.25) is 5.02 Å². The van der Waals surface area contributed by atoms with Gasteiger partial charge in [0.05, 0.1) is 5.56 Å². The van der Waals surface area contributed by atoms with Gasteiger partial charge in [0.25, 0.3) is 0 Å². The second-order valence-electron chi connectivity index (χ2n) is 7.37. The maximum Gasteiger partial charge on any atom is 0.416 e. The Labute approximate surface area is 170 Å². The molecule has 7 heteroatoms. The van der Waals surface area contributed by atoms with E-state index < -0.39 is 17.7 Å². The topological polar surface area (TPSA) is 46.2 Å². The third kappa shape index (κ3) is 3.81. The Morgan fingerprint density at radius 1 is 0.931 bits per heavy atom. The fourth-order valence-corrected chi connectivity index (χ4v) is 4.47. The molecular formula is C22H17ClF3NO2. The number of alkyl halides is 3. The minimum Gasteiger partial charge on any atom is -0.329 e. The van der Waals surface area contributed by atoms with E-state index in [4.69, 9.17) is 11.6 Å². The Morgan fingerprint density at radius 3 is 2.28 bits per heavy atom. The molecule has 0 aromatic heterocycles. The van der Waals surface area contributed by atoms with Gasteiger partial charge in [-0.1, -0.05) is 41.9 Å². The summed E-state index contributed by atoms with van der Waals surface area (Å²) >= 11 is 6.28. The molecule has 150 valence electrons. The van der Waals surface area contributed by atoms with E-state index in [1.807, 2.05) is 18.2 Å². The van der Waals surface area contributed by atoms with E-state index in [-0.39, 0.29) is 30.4 Å². The van der Waals surface area contributed by atoms with Crippen LogP contribution in [-0.2, 0) is 15.8 Å². The van der Waals surface area contributed by atoms with Gasteiger partial charge in [-0.15, -0.1) is 0 Å². The largest absolute Gasteiger partial charge is 0.416 e. The standard InChI is InChI=1S/C22H17ClF3NO2/c23-17-4-2-1-3-15(17)13-9-18-21(19(28)10-13)16(11-20(29)27-18)12-5-7-14(8-6-12)22(24,25)26/h1-8,13,16H,9-11H2,(H,27,29)/t13-,16-/m0/s1. The predicted octanol–water partition coefficient (Wildman–Crippen LogP) is 5.36. The molecule has 0 saturated heterocycles. The fraction of sp³-hybridized carbons (Fsp3) is 0.273. The number of hydrogen-bond donors (Lipinski definition) is 1. The fourth-order valence-electron chi connectivity index (χ4n) is 4.18. The van der Waals surface area contributed by atoms with Gasteiger partial charge >= 0.3 is 6.18 Å². The van der Waals surface area contributed by atoms with Crippen LogP contribution < -0.4 is 5.32 Å². The van der Waals surface area contributed by atoms with E-state index in [9.17, 15) is 22.8 Å². The van der Waals surface area contributed by atoms with E-state index in [2.05, 4.69) is 5.32 Å². The highest BCUT2D eigenvalue weighted by Crippen LogP contribution is 2.44. The first kappa shape index (κ1) is 19.7. The number of carbonyl (C=O) groups excluding carboxylic acids is 2. The van der Waals surface area contributed by atoms with Crippen molar-refractivity contribution in [1.29, 1.82) is 0 Å². The van der Waals surface area contributed by atoms with Crippen molar-refractivity contribution < 1.29 is 22.8 Å². The van der Waals surface area contributed by atoms with Crippen molar-refractivity contribution in [1.82, 2.24) is 5.32 Å². The monoisotopic (exact) mass is 419 g/mol. The van der Waals surface area contributed by atoms with Gasteiger partial charge in [0, 0.05) is 35.1 Å². The van der Waals surface area contributed by atoms with Crippen molar-refractivity contribution >= 4 is 23.3 Å². The number of amides is 1. The zero-order chi connectivity index (χ0) is 20.8. The SMILES string of the molecule is O=C1C[C@@H](c2ccc(C(F)(F)F)cc2)C2=C(C[C@H](c3ccccc3Cl)CC2=O)N1. The highest BCUT2D eigenvalue weighted by atomic mass is 35.5. The maximum atomic E-state index is 13.0. The van der Waals surface area contributed by atoms with E-state index >= 15 is 0 Å². The molecule has 0 spiro atoms. The lowest BCUT2D eigenvalue weighted by Gasteiger charge is -2.34. The molecule has 29 heavy (non-hydrogen) atoms. The summed E-state index contributed by atoms with van der Waals surface area (Å²) < 4.78 is 38.6. The van der Waals surface area contributed by atoms with Crippen LogP contribution in [0, 0.1) is 0 Å². The molecule has 1 aliphatic carbocycles. The summed E-state index contributed by atoms with van der Waals surface area (Å²) in [5, 5.41) is 3.37. The molecule has 0 saturated carbocycles. The molecule has 2 aromatic rings. The Balaban J connectivity index is 1.69. The predicted molar refractivity (Wildman–Crippen MR) is 102 cm³/mol. The number of allylic oxidation sites excluding steroid dienone is 2. The van der Waals surface area contributed by atoms with Crippen molar-refractivity contribution in [3.63, 3.8) is 0 Å². The molecule has 0 bridgehead atoms. The van der Waals surface area contributed by atoms with Crippen molar-refractivity contribution in [3.05, 3.63) is 81.5 Å². The average Bonchev–Trinajstić information content (AvgIpc) is 2.66. The highest BCUT2D eigenvalue weighted by Gasteiger charge is 2.39. The van der Waals surface area contributed by atoms with Crippen LogP contribution in [0.25, 0.3) is 0 Å². The van der Waals surface area contributed by atoms with Gasteiger partial charge in [-0.25, -0.2) is 0 Å². The van der Waals surface area contributed by atoms with Crippen molar-refractivity contribution in [2.75, 3.05) is 0 Å². The average molecular weight is 420 g/mol. The highest BCUT2D eigenvalue weighted by molar-refractivity contribution is 6.31. The van der Waals surface area contributed by atoms with Crippen LogP contribution in [-0.4, -0.2) is 11.7 Å². The van der Waals surface area contributed by atoms with Gasteiger partial charge in [-0.2, -0.15) is 13.2 Å². The molecule has 0 unspecified atom stereocenters. The number of benzene rings is 2. The third-order valence-corrected chi connectivity index (χ3v) is 5.87. The minimum atomic E-state index is -4.43. The number of rotatable bonds is 2. The summed E-state index contributed by atoms with van der Waals surface area (Å²) in [7, 11) is 0. The first-order valence-corrected chi connectivity index (χ1v) is 9.59. The first-order chi connectivity index (χ1) is 13.7. The smallest absolute Gasteiger partial charge is 0.329 e. The first-order valence-electron chi connectivity index (χ1n) is 9.21. The molecule has 2 aliphatic rings. The normalized spacial score (nSPS) is 22.3. The zero-order valence-electron chi connectivity index (χ0n) is 15.2. The molecule has 1 aliphatic heterocycles. The molecule has 4 rings (SSSR count). The number of ketones is 1. The molecule has 3 nitrogen and oxygen atoms in total. The summed E-state index contributed by atoms with van der Waals surface area (Å²) in [4.78, 5) is 25.3. The van der Waals surface area contributed by atoms with Crippen molar-refractivity contribution in [2.45, 2.75) is 37.3 Å². The molecule has 2 aromatic carbocycles. The summed E-state index contributed by atoms with van der Waals surface area (Å²) in [6.07, 6.45) is -3.70. The Morgan fingerprint density at radius 2 is 1.62 bits per heavy atom. The van der Waals surface area contributed by atoms with Crippen LogP contribution in [0.3, 0.4) is 0 Å². The lowest BCUT2D eigenvalue weighted by molar-refractivity contribution is -0.137. The van der Waals surface area contributed by atoms with Gasteiger partial charge < -0.3 is 5.32 Å². The van der Waals surface area contributed by atoms with Crippen LogP contribution in [0.5, 0.6) is 0 Å². The number of hydrogen-bond acceptors (Lipinski definition) is 2. The Bertz CT molecular complexity index is 1010. The van der Waals surface area contributed by atoms with E-state index in [1.165, 1.54) is 12.1 Å². The Hall–Kier alpha value is -2.60. The van der Waals surface area contributed by atoms with Gasteiger partial charge in [0.1, 0.15) is 0 Å². The van der Waals surface area contributed by atoms with Crippen molar-refractivity contribution in [2.24, 2.45) is 0 Å². The van der Waals surface area contributed by atoms with Crippen LogP contribution in [0.15, 0.2) is 59.8 Å². The molecular weight excluding hydrogens is 403 g/mol. The van der Waals surface area contributed by atoms with Gasteiger partial charge in [0.15, 0.2) is 5.78 Å². The van der Waals surface area contributed by atoms with Gasteiger partial charge in [-0.3, -0.25) is 9.59 Å². The minimum absolute atomic E-state index is 0.0344. The summed E-state index contributed by atoms with van der Waals surface area (Å²) in [6, 6.07) is 12.0. The number of halogens is 4. The van der Waals surface area contributed by atoms with Crippen LogP contribution in [0.4, 0.5) is 13.2 Å². The van der Waals surface area contributed by atoms with Crippen LogP contribution in [0.1, 0.15) is 47.8 Å². The number of nitrogens with one attached hydrogen (secondary N) is 1. The van der Waals surface area contributed by atoms with E-state index in [0.717, 1.165) is 17.7 Å². The quantitative estimate of drug-likeness (QED) is 0.712. The molecule has 0 fully saturated rings. The molecule has 2 atom stereocenters. The summed E-state index contributed by atoms with van der Waals surface area (Å²) in [5.74, 6) is -1.05. The second-order valence-corrected chi connectivity index (χ2v) is 7.77. The molecule has 1 heterocycles. The van der Waals surface area contributed by atoms with Gasteiger partial charge in [-0.05, 0) is 41.7 Å². The maximum absolute atomic E-state index is 13.0. The molecule has 1 amide bonds. The lowest BCUT2D eigenvalue weighted by atomic mass is 9.73. The molecule has 1 N–H and O–H groups in total. The molecule has 0 radical (unpaired) electrons. The summed E-state index contributed by atoms with van der Waals surface area (Å²) in [5.41, 5.74) is 1.66. The second kappa shape index (κ2) is 7.34. The number of Topliss-reactive ketones (excluding diaryl/α,β-unsaturated/α-hetero) is 1. The van der Waals surface area contributed by atoms with Crippen molar-refractivity contribution in [3.8, 4) is 0 Å². The van der Waals surface area contributed by atoms with E-state index in [1.54, 1.807) is 6.07 Å². The van der Waals surface area contributed by atoms with Gasteiger partial charge in [0.2, 0.25) is 5.91 Å². The van der Waals surface area contributed by atoms with Crippen LogP contribution >= 0.6 is 11.6 Å². The zero-order valence-corrected chi connectivity index (χ0v) is 16.0.